The predicted molar refractivity (Wildman–Crippen MR) is 77.0 cm³/mol. The SMILES string of the molecule is CCOc1ccc2c(c1)CC(c1ccc(Cl)s1)N2. The van der Waals surface area contributed by atoms with E-state index in [1.54, 1.807) is 11.3 Å². The van der Waals surface area contributed by atoms with Crippen molar-refractivity contribution in [1.29, 1.82) is 0 Å². The highest BCUT2D eigenvalue weighted by atomic mass is 35.5. The topological polar surface area (TPSA) is 21.3 Å². The highest BCUT2D eigenvalue weighted by Gasteiger charge is 2.23. The first-order valence-corrected chi connectivity index (χ1v) is 7.23. The molecule has 1 aliphatic rings. The molecule has 0 spiro atoms. The molecule has 0 amide bonds. The summed E-state index contributed by atoms with van der Waals surface area (Å²) in [4.78, 5) is 1.29. The van der Waals surface area contributed by atoms with Crippen LogP contribution in [0.5, 0.6) is 5.75 Å². The molecule has 3 rings (SSSR count). The second-order valence-electron chi connectivity index (χ2n) is 4.29. The standard InChI is InChI=1S/C14H14ClNOS/c1-2-17-10-3-4-11-9(7-10)8-12(16-11)13-5-6-14(15)18-13/h3-7,12,16H,2,8H2,1H3. The van der Waals surface area contributed by atoms with Crippen molar-refractivity contribution in [3.63, 3.8) is 0 Å². The van der Waals surface area contributed by atoms with E-state index in [2.05, 4.69) is 23.5 Å². The van der Waals surface area contributed by atoms with Gasteiger partial charge in [0, 0.05) is 10.6 Å². The van der Waals surface area contributed by atoms with Gasteiger partial charge in [-0.2, -0.15) is 0 Å². The normalized spacial score (nSPS) is 17.3. The Kier molecular flexibility index (Phi) is 3.18. The zero-order chi connectivity index (χ0) is 12.5. The van der Waals surface area contributed by atoms with Crippen LogP contribution in [0.25, 0.3) is 0 Å². The Hall–Kier alpha value is -1.19. The Bertz CT molecular complexity index is 567. The maximum atomic E-state index is 5.99. The molecule has 1 aliphatic heterocycles. The fourth-order valence-electron chi connectivity index (χ4n) is 2.28. The van der Waals surface area contributed by atoms with Gasteiger partial charge in [0.15, 0.2) is 0 Å². The highest BCUT2D eigenvalue weighted by molar-refractivity contribution is 7.16. The molecule has 1 aromatic carbocycles. The number of hydrogen-bond acceptors (Lipinski definition) is 3. The van der Waals surface area contributed by atoms with Gasteiger partial charge in [-0.1, -0.05) is 11.6 Å². The quantitative estimate of drug-likeness (QED) is 0.892. The molecule has 1 atom stereocenters. The molecule has 0 bridgehead atoms. The van der Waals surface area contributed by atoms with E-state index in [-0.39, 0.29) is 0 Å². The zero-order valence-corrected chi connectivity index (χ0v) is 11.6. The van der Waals surface area contributed by atoms with Gasteiger partial charge in [0.1, 0.15) is 5.75 Å². The van der Waals surface area contributed by atoms with Crippen LogP contribution in [0.1, 0.15) is 23.4 Å². The molecule has 0 radical (unpaired) electrons. The molecular formula is C14H14ClNOS. The van der Waals surface area contributed by atoms with Crippen molar-refractivity contribution in [3.8, 4) is 5.75 Å². The number of benzene rings is 1. The Morgan fingerprint density at radius 3 is 3.00 bits per heavy atom. The van der Waals surface area contributed by atoms with Crippen LogP contribution in [-0.2, 0) is 6.42 Å². The number of ether oxygens (including phenoxy) is 1. The second kappa shape index (κ2) is 4.82. The van der Waals surface area contributed by atoms with Crippen LogP contribution < -0.4 is 10.1 Å². The van der Waals surface area contributed by atoms with E-state index in [9.17, 15) is 0 Å². The number of halogens is 1. The van der Waals surface area contributed by atoms with Gasteiger partial charge in [-0.05, 0) is 49.2 Å². The first kappa shape index (κ1) is 11.9. The van der Waals surface area contributed by atoms with Crippen LogP contribution in [-0.4, -0.2) is 6.61 Å². The van der Waals surface area contributed by atoms with E-state index in [0.29, 0.717) is 12.6 Å². The summed E-state index contributed by atoms with van der Waals surface area (Å²) in [5.74, 6) is 0.947. The van der Waals surface area contributed by atoms with Crippen molar-refractivity contribution in [2.45, 2.75) is 19.4 Å². The van der Waals surface area contributed by atoms with Gasteiger partial charge in [-0.25, -0.2) is 0 Å². The van der Waals surface area contributed by atoms with Crippen LogP contribution in [0.2, 0.25) is 4.34 Å². The fourth-order valence-corrected chi connectivity index (χ4v) is 3.39. The summed E-state index contributed by atoms with van der Waals surface area (Å²) in [5.41, 5.74) is 2.52. The predicted octanol–water partition coefficient (Wildman–Crippen LogP) is 4.51. The number of nitrogens with one attached hydrogen (secondary N) is 1. The van der Waals surface area contributed by atoms with E-state index in [4.69, 9.17) is 16.3 Å². The van der Waals surface area contributed by atoms with Gasteiger partial charge in [0.05, 0.1) is 17.0 Å². The maximum Gasteiger partial charge on any atom is 0.119 e. The lowest BCUT2D eigenvalue weighted by molar-refractivity contribution is 0.340. The monoisotopic (exact) mass is 279 g/mol. The minimum absolute atomic E-state index is 0.342. The third kappa shape index (κ3) is 2.20. The van der Waals surface area contributed by atoms with Crippen LogP contribution in [0.15, 0.2) is 30.3 Å². The Labute approximate surface area is 116 Å². The molecule has 0 saturated heterocycles. The summed E-state index contributed by atoms with van der Waals surface area (Å²) in [6.45, 7) is 2.71. The summed E-state index contributed by atoms with van der Waals surface area (Å²) in [6, 6.07) is 10.6. The lowest BCUT2D eigenvalue weighted by Gasteiger charge is -2.07. The van der Waals surface area contributed by atoms with E-state index in [1.807, 2.05) is 19.1 Å². The molecule has 0 aliphatic carbocycles. The van der Waals surface area contributed by atoms with Crippen molar-refractivity contribution in [1.82, 2.24) is 0 Å². The zero-order valence-electron chi connectivity index (χ0n) is 10.1. The summed E-state index contributed by atoms with van der Waals surface area (Å²) >= 11 is 7.63. The van der Waals surface area contributed by atoms with Gasteiger partial charge >= 0.3 is 0 Å². The lowest BCUT2D eigenvalue weighted by Crippen LogP contribution is -2.02. The van der Waals surface area contributed by atoms with Gasteiger partial charge in [-0.15, -0.1) is 11.3 Å². The van der Waals surface area contributed by atoms with Crippen LogP contribution in [0, 0.1) is 0 Å². The molecule has 1 unspecified atom stereocenters. The molecule has 94 valence electrons. The number of fused-ring (bicyclic) bond motifs is 1. The molecule has 0 fully saturated rings. The molecule has 0 saturated carbocycles. The second-order valence-corrected chi connectivity index (χ2v) is 6.04. The number of anilines is 1. The van der Waals surface area contributed by atoms with Crippen LogP contribution >= 0.6 is 22.9 Å². The molecule has 1 aromatic heterocycles. The number of thiophene rings is 1. The van der Waals surface area contributed by atoms with Crippen LogP contribution in [0.3, 0.4) is 0 Å². The van der Waals surface area contributed by atoms with Crippen molar-refractivity contribution in [3.05, 3.63) is 45.1 Å². The lowest BCUT2D eigenvalue weighted by atomic mass is 10.1. The minimum Gasteiger partial charge on any atom is -0.494 e. The average molecular weight is 280 g/mol. The smallest absolute Gasteiger partial charge is 0.119 e. The summed E-state index contributed by atoms with van der Waals surface area (Å²) < 4.78 is 6.38. The average Bonchev–Trinajstić information content (AvgIpc) is 2.94. The highest BCUT2D eigenvalue weighted by Crippen LogP contribution is 2.39. The number of rotatable bonds is 3. The van der Waals surface area contributed by atoms with Crippen LogP contribution in [0.4, 0.5) is 5.69 Å². The van der Waals surface area contributed by atoms with Crippen molar-refractivity contribution in [2.24, 2.45) is 0 Å². The van der Waals surface area contributed by atoms with Crippen molar-refractivity contribution >= 4 is 28.6 Å². The van der Waals surface area contributed by atoms with Gasteiger partial charge in [-0.3, -0.25) is 0 Å². The van der Waals surface area contributed by atoms with Gasteiger partial charge in [0.25, 0.3) is 0 Å². The van der Waals surface area contributed by atoms with Crippen molar-refractivity contribution < 1.29 is 4.74 Å². The molecule has 2 nitrogen and oxygen atoms in total. The van der Waals surface area contributed by atoms with E-state index < -0.39 is 0 Å². The van der Waals surface area contributed by atoms with Gasteiger partial charge in [0.2, 0.25) is 0 Å². The Balaban J connectivity index is 1.82. The van der Waals surface area contributed by atoms with E-state index in [0.717, 1.165) is 16.5 Å². The van der Waals surface area contributed by atoms with Gasteiger partial charge < -0.3 is 10.1 Å². The molecule has 2 heterocycles. The third-order valence-corrected chi connectivity index (χ3v) is 4.42. The first-order valence-electron chi connectivity index (χ1n) is 6.04. The first-order chi connectivity index (χ1) is 8.76. The minimum atomic E-state index is 0.342. The molecular weight excluding hydrogens is 266 g/mol. The summed E-state index contributed by atoms with van der Waals surface area (Å²) in [6.07, 6.45) is 0.993. The Morgan fingerprint density at radius 1 is 1.39 bits per heavy atom. The fraction of sp³-hybridized carbons (Fsp3) is 0.286. The van der Waals surface area contributed by atoms with E-state index in [1.165, 1.54) is 16.1 Å². The Morgan fingerprint density at radius 2 is 2.28 bits per heavy atom. The molecule has 2 aromatic rings. The molecule has 1 N–H and O–H groups in total. The summed E-state index contributed by atoms with van der Waals surface area (Å²) in [7, 11) is 0. The third-order valence-electron chi connectivity index (χ3n) is 3.08. The summed E-state index contributed by atoms with van der Waals surface area (Å²) in [5, 5.41) is 3.53. The molecule has 4 heteroatoms. The van der Waals surface area contributed by atoms with Crippen molar-refractivity contribution in [2.75, 3.05) is 11.9 Å². The largest absolute Gasteiger partial charge is 0.494 e. The van der Waals surface area contributed by atoms with E-state index >= 15 is 0 Å². The maximum absolute atomic E-state index is 5.99. The molecule has 18 heavy (non-hydrogen) atoms. The number of hydrogen-bond donors (Lipinski definition) is 1.